The molecular formula is C13H10F3NO. The molecule has 1 aromatic heterocycles. The maximum Gasteiger partial charge on any atom is 0.417 e. The lowest BCUT2D eigenvalue weighted by atomic mass is 9.99. The van der Waals surface area contributed by atoms with Crippen molar-refractivity contribution in [3.8, 4) is 16.9 Å². The highest BCUT2D eigenvalue weighted by molar-refractivity contribution is 5.74. The molecule has 0 aliphatic heterocycles. The minimum atomic E-state index is -4.43. The maximum absolute atomic E-state index is 13.0. The van der Waals surface area contributed by atoms with Gasteiger partial charge in [-0.25, -0.2) is 0 Å². The fraction of sp³-hybridized carbons (Fsp3) is 0.154. The smallest absolute Gasteiger partial charge is 0.417 e. The minimum absolute atomic E-state index is 0.0144. The van der Waals surface area contributed by atoms with Gasteiger partial charge in [-0.1, -0.05) is 12.1 Å². The number of alkyl halides is 3. The summed E-state index contributed by atoms with van der Waals surface area (Å²) in [5, 5.41) is 0. The molecule has 0 radical (unpaired) electrons. The lowest BCUT2D eigenvalue weighted by Crippen LogP contribution is -2.08. The van der Waals surface area contributed by atoms with E-state index in [9.17, 15) is 13.2 Å². The zero-order chi connectivity index (χ0) is 13.2. The van der Waals surface area contributed by atoms with Gasteiger partial charge in [0, 0.05) is 23.5 Å². The number of benzene rings is 1. The van der Waals surface area contributed by atoms with Gasteiger partial charge in [-0.15, -0.1) is 0 Å². The molecule has 0 bridgehead atoms. The number of halogens is 3. The van der Waals surface area contributed by atoms with E-state index >= 15 is 0 Å². The summed E-state index contributed by atoms with van der Waals surface area (Å²) in [7, 11) is 1.34. The third-order valence-electron chi connectivity index (χ3n) is 2.50. The van der Waals surface area contributed by atoms with E-state index in [1.165, 1.54) is 31.6 Å². The Hall–Kier alpha value is -2.04. The van der Waals surface area contributed by atoms with Crippen molar-refractivity contribution in [3.63, 3.8) is 0 Å². The number of methoxy groups -OCH3 is 1. The van der Waals surface area contributed by atoms with E-state index in [0.29, 0.717) is 5.56 Å². The summed E-state index contributed by atoms with van der Waals surface area (Å²) in [4.78, 5) is 3.84. The van der Waals surface area contributed by atoms with Crippen LogP contribution in [0.5, 0.6) is 5.75 Å². The van der Waals surface area contributed by atoms with Gasteiger partial charge in [0.2, 0.25) is 0 Å². The first kappa shape index (κ1) is 12.4. The first-order valence-corrected chi connectivity index (χ1v) is 5.18. The van der Waals surface area contributed by atoms with E-state index in [2.05, 4.69) is 4.98 Å². The average molecular weight is 253 g/mol. The van der Waals surface area contributed by atoms with E-state index < -0.39 is 11.7 Å². The van der Waals surface area contributed by atoms with Crippen molar-refractivity contribution < 1.29 is 17.9 Å². The monoisotopic (exact) mass is 253 g/mol. The molecule has 0 amide bonds. The Morgan fingerprint density at radius 1 is 1.11 bits per heavy atom. The number of aromatic nitrogens is 1. The predicted octanol–water partition coefficient (Wildman–Crippen LogP) is 3.78. The highest BCUT2D eigenvalue weighted by Crippen LogP contribution is 2.41. The van der Waals surface area contributed by atoms with Crippen LogP contribution in [-0.4, -0.2) is 12.1 Å². The lowest BCUT2D eigenvalue weighted by Gasteiger charge is -2.15. The second kappa shape index (κ2) is 4.68. The fourth-order valence-corrected chi connectivity index (χ4v) is 1.75. The van der Waals surface area contributed by atoms with Gasteiger partial charge in [0.25, 0.3) is 0 Å². The normalized spacial score (nSPS) is 11.3. The molecule has 0 spiro atoms. The van der Waals surface area contributed by atoms with Gasteiger partial charge in [0.15, 0.2) is 0 Å². The molecule has 0 saturated carbocycles. The Balaban J connectivity index is 2.70. The standard InChI is InChI=1S/C13H10F3NO/c1-18-11-6-2-5-10(13(14,15)16)12(11)9-4-3-7-17-8-9/h2-8H,1H3. The van der Waals surface area contributed by atoms with Gasteiger partial charge in [-0.2, -0.15) is 13.2 Å². The van der Waals surface area contributed by atoms with Crippen molar-refractivity contribution in [1.82, 2.24) is 4.98 Å². The molecule has 0 saturated heterocycles. The lowest BCUT2D eigenvalue weighted by molar-refractivity contribution is -0.137. The summed E-state index contributed by atoms with van der Waals surface area (Å²) in [5.74, 6) is 0.179. The van der Waals surface area contributed by atoms with Crippen LogP contribution in [0.2, 0.25) is 0 Å². The van der Waals surface area contributed by atoms with Crippen molar-refractivity contribution in [1.29, 1.82) is 0 Å². The summed E-state index contributed by atoms with van der Waals surface area (Å²) in [6, 6.07) is 7.01. The molecule has 0 N–H and O–H groups in total. The van der Waals surface area contributed by atoms with Crippen LogP contribution in [-0.2, 0) is 6.18 Å². The Kier molecular flexibility index (Phi) is 3.23. The third-order valence-corrected chi connectivity index (χ3v) is 2.50. The SMILES string of the molecule is COc1cccc(C(F)(F)F)c1-c1cccnc1. The molecule has 18 heavy (non-hydrogen) atoms. The van der Waals surface area contributed by atoms with Crippen LogP contribution in [0.3, 0.4) is 0 Å². The Morgan fingerprint density at radius 3 is 2.44 bits per heavy atom. The van der Waals surface area contributed by atoms with Crippen LogP contribution >= 0.6 is 0 Å². The van der Waals surface area contributed by atoms with Gasteiger partial charge in [0.1, 0.15) is 5.75 Å². The van der Waals surface area contributed by atoms with Crippen LogP contribution in [0.15, 0.2) is 42.7 Å². The average Bonchev–Trinajstić information content (AvgIpc) is 2.38. The van der Waals surface area contributed by atoms with Gasteiger partial charge in [0.05, 0.1) is 12.7 Å². The molecule has 2 aromatic rings. The van der Waals surface area contributed by atoms with Crippen molar-refractivity contribution in [2.45, 2.75) is 6.18 Å². The molecule has 2 nitrogen and oxygen atoms in total. The van der Waals surface area contributed by atoms with Crippen LogP contribution in [0.1, 0.15) is 5.56 Å². The van der Waals surface area contributed by atoms with E-state index in [0.717, 1.165) is 6.07 Å². The van der Waals surface area contributed by atoms with Crippen molar-refractivity contribution in [2.75, 3.05) is 7.11 Å². The summed E-state index contributed by atoms with van der Waals surface area (Å²) < 4.78 is 43.9. The highest BCUT2D eigenvalue weighted by Gasteiger charge is 2.35. The zero-order valence-corrected chi connectivity index (χ0v) is 9.53. The maximum atomic E-state index is 13.0. The van der Waals surface area contributed by atoms with E-state index in [1.54, 1.807) is 12.1 Å². The molecule has 0 atom stereocenters. The first-order chi connectivity index (χ1) is 8.54. The Labute approximate surface area is 102 Å². The topological polar surface area (TPSA) is 22.1 Å². The molecule has 0 aliphatic carbocycles. The zero-order valence-electron chi connectivity index (χ0n) is 9.53. The van der Waals surface area contributed by atoms with Gasteiger partial charge in [-0.3, -0.25) is 4.98 Å². The van der Waals surface area contributed by atoms with Crippen LogP contribution in [0.25, 0.3) is 11.1 Å². The largest absolute Gasteiger partial charge is 0.496 e. The van der Waals surface area contributed by atoms with Crippen LogP contribution in [0.4, 0.5) is 13.2 Å². The second-order valence-corrected chi connectivity index (χ2v) is 3.62. The van der Waals surface area contributed by atoms with E-state index in [1.807, 2.05) is 0 Å². The Morgan fingerprint density at radius 2 is 1.89 bits per heavy atom. The van der Waals surface area contributed by atoms with Crippen molar-refractivity contribution in [3.05, 3.63) is 48.3 Å². The second-order valence-electron chi connectivity index (χ2n) is 3.62. The molecule has 2 rings (SSSR count). The number of hydrogen-bond acceptors (Lipinski definition) is 2. The van der Waals surface area contributed by atoms with Crippen LogP contribution in [0, 0.1) is 0 Å². The van der Waals surface area contributed by atoms with E-state index in [4.69, 9.17) is 4.74 Å². The molecule has 0 fully saturated rings. The summed E-state index contributed by atoms with van der Waals surface area (Å²) in [6.07, 6.45) is -1.54. The minimum Gasteiger partial charge on any atom is -0.496 e. The fourth-order valence-electron chi connectivity index (χ4n) is 1.75. The highest BCUT2D eigenvalue weighted by atomic mass is 19.4. The number of pyridine rings is 1. The Bertz CT molecular complexity index is 538. The number of ether oxygens (including phenoxy) is 1. The third kappa shape index (κ3) is 2.30. The van der Waals surface area contributed by atoms with Gasteiger partial charge >= 0.3 is 6.18 Å². The molecule has 0 unspecified atom stereocenters. The number of rotatable bonds is 2. The summed E-state index contributed by atoms with van der Waals surface area (Å²) in [6.45, 7) is 0. The molecule has 5 heteroatoms. The van der Waals surface area contributed by atoms with E-state index in [-0.39, 0.29) is 11.3 Å². The molecule has 0 aliphatic rings. The molecule has 1 heterocycles. The van der Waals surface area contributed by atoms with Crippen molar-refractivity contribution >= 4 is 0 Å². The molecule has 1 aromatic carbocycles. The van der Waals surface area contributed by atoms with Crippen molar-refractivity contribution in [2.24, 2.45) is 0 Å². The van der Waals surface area contributed by atoms with Crippen LogP contribution < -0.4 is 4.74 Å². The predicted molar refractivity (Wildman–Crippen MR) is 61.2 cm³/mol. The molecule has 94 valence electrons. The summed E-state index contributed by atoms with van der Waals surface area (Å²) >= 11 is 0. The summed E-state index contributed by atoms with van der Waals surface area (Å²) in [5.41, 5.74) is -0.335. The van der Waals surface area contributed by atoms with Gasteiger partial charge in [-0.05, 0) is 18.2 Å². The molecular weight excluding hydrogens is 243 g/mol. The van der Waals surface area contributed by atoms with Gasteiger partial charge < -0.3 is 4.74 Å². The number of hydrogen-bond donors (Lipinski definition) is 0. The first-order valence-electron chi connectivity index (χ1n) is 5.18. The number of nitrogens with zero attached hydrogens (tertiary/aromatic N) is 1. The quantitative estimate of drug-likeness (QED) is 0.812.